The van der Waals surface area contributed by atoms with Gasteiger partial charge in [-0.25, -0.2) is 13.5 Å². The van der Waals surface area contributed by atoms with Crippen molar-refractivity contribution in [2.75, 3.05) is 13.1 Å². The number of carbonyl (C=O) groups excluding carboxylic acids is 1. The zero-order valence-corrected chi connectivity index (χ0v) is 17.5. The van der Waals surface area contributed by atoms with Crippen molar-refractivity contribution >= 4 is 27.5 Å². The second-order valence-corrected chi connectivity index (χ2v) is 8.26. The Morgan fingerprint density at radius 2 is 1.72 bits per heavy atom. The average molecular weight is 433 g/mol. The van der Waals surface area contributed by atoms with Gasteiger partial charge in [0.2, 0.25) is 0 Å². The van der Waals surface area contributed by atoms with Gasteiger partial charge in [-0.05, 0) is 46.2 Å². The molecule has 0 unspecified atom stereocenters. The van der Waals surface area contributed by atoms with Crippen molar-refractivity contribution in [3.05, 3.63) is 76.7 Å². The molecule has 0 radical (unpaired) electrons. The average Bonchev–Trinajstić information content (AvgIpc) is 2.80. The summed E-state index contributed by atoms with van der Waals surface area (Å²) in [6, 6.07) is 16.9. The second kappa shape index (κ2) is 7.51. The van der Waals surface area contributed by atoms with Crippen LogP contribution in [0, 0.1) is 0 Å². The number of aryl methyl sites for hydroxylation is 1. The van der Waals surface area contributed by atoms with Crippen LogP contribution in [0.2, 0.25) is 0 Å². The van der Waals surface area contributed by atoms with Crippen LogP contribution in [-0.2, 0) is 7.05 Å². The minimum atomic E-state index is -2.69. The van der Waals surface area contributed by atoms with Crippen LogP contribution in [0.3, 0.4) is 0 Å². The van der Waals surface area contributed by atoms with Crippen molar-refractivity contribution < 1.29 is 13.6 Å². The lowest BCUT2D eigenvalue weighted by Gasteiger charge is -2.31. The van der Waals surface area contributed by atoms with Gasteiger partial charge in [0.15, 0.2) is 0 Å². The van der Waals surface area contributed by atoms with Gasteiger partial charge in [0.25, 0.3) is 17.4 Å². The normalized spacial score (nSPS) is 15.9. The number of amides is 1. The van der Waals surface area contributed by atoms with Crippen molar-refractivity contribution in [3.8, 4) is 11.1 Å². The summed E-state index contributed by atoms with van der Waals surface area (Å²) in [4.78, 5) is 26.6. The van der Waals surface area contributed by atoms with Crippen molar-refractivity contribution in [2.45, 2.75) is 18.8 Å². The maximum absolute atomic E-state index is 13.4. The lowest BCUT2D eigenvalue weighted by molar-refractivity contribution is -0.0494. The molecular formula is C25H21F2N3O2. The van der Waals surface area contributed by atoms with Gasteiger partial charge in [0.05, 0.1) is 11.6 Å². The molecule has 3 aromatic carbocycles. The van der Waals surface area contributed by atoms with E-state index >= 15 is 0 Å². The van der Waals surface area contributed by atoms with Crippen LogP contribution < -0.4 is 5.56 Å². The number of aromatic nitrogens is 2. The molecule has 0 atom stereocenters. The number of likely N-dealkylation sites (tertiary alicyclic amines) is 1. The fourth-order valence-corrected chi connectivity index (χ4v) is 4.30. The Bertz CT molecular complexity index is 1420. The van der Waals surface area contributed by atoms with Gasteiger partial charge < -0.3 is 4.90 Å². The molecule has 4 aromatic rings. The van der Waals surface area contributed by atoms with Gasteiger partial charge in [-0.15, -0.1) is 0 Å². The van der Waals surface area contributed by atoms with E-state index in [4.69, 9.17) is 0 Å². The molecule has 1 aromatic heterocycles. The first-order valence-electron chi connectivity index (χ1n) is 10.5. The van der Waals surface area contributed by atoms with E-state index in [1.165, 1.54) is 9.58 Å². The highest BCUT2D eigenvalue weighted by molar-refractivity contribution is 6.03. The van der Waals surface area contributed by atoms with E-state index in [0.29, 0.717) is 10.9 Å². The van der Waals surface area contributed by atoms with Crippen LogP contribution in [0.25, 0.3) is 32.7 Å². The Morgan fingerprint density at radius 3 is 2.50 bits per heavy atom. The van der Waals surface area contributed by atoms with E-state index in [1.807, 2.05) is 42.5 Å². The van der Waals surface area contributed by atoms with Gasteiger partial charge in [0, 0.05) is 43.9 Å². The first-order chi connectivity index (χ1) is 15.3. The number of piperidine rings is 1. The number of fused-ring (bicyclic) bond motifs is 2. The standard InChI is InChI=1S/C25H21F2N3O2/c1-29-24(32)22-8-5-17(14-19(22)15-28-29)20-4-2-3-16-13-18(6-7-21(16)20)23(31)30-11-9-25(26,27)10-12-30/h2-8,13-15H,9-12H2,1H3. The number of benzene rings is 3. The number of carbonyl (C=O) groups is 1. The van der Waals surface area contributed by atoms with Crippen molar-refractivity contribution in [3.63, 3.8) is 0 Å². The minimum Gasteiger partial charge on any atom is -0.338 e. The monoisotopic (exact) mass is 433 g/mol. The third-order valence-corrected chi connectivity index (χ3v) is 6.17. The van der Waals surface area contributed by atoms with E-state index < -0.39 is 5.92 Å². The summed E-state index contributed by atoms with van der Waals surface area (Å²) >= 11 is 0. The minimum absolute atomic E-state index is 0.0640. The Morgan fingerprint density at radius 1 is 0.969 bits per heavy atom. The highest BCUT2D eigenvalue weighted by Gasteiger charge is 2.35. The molecule has 0 spiro atoms. The molecule has 1 aliphatic heterocycles. The van der Waals surface area contributed by atoms with E-state index in [-0.39, 0.29) is 37.4 Å². The smallest absolute Gasteiger partial charge is 0.274 e. The number of hydrogen-bond donors (Lipinski definition) is 0. The Kier molecular flexibility index (Phi) is 4.77. The zero-order chi connectivity index (χ0) is 22.5. The molecule has 0 aliphatic carbocycles. The maximum atomic E-state index is 13.4. The van der Waals surface area contributed by atoms with Crippen LogP contribution in [0.5, 0.6) is 0 Å². The van der Waals surface area contributed by atoms with Gasteiger partial charge in [-0.2, -0.15) is 5.10 Å². The third-order valence-electron chi connectivity index (χ3n) is 6.17. The van der Waals surface area contributed by atoms with Gasteiger partial charge in [0.1, 0.15) is 0 Å². The molecule has 162 valence electrons. The molecule has 2 heterocycles. The van der Waals surface area contributed by atoms with Crippen LogP contribution >= 0.6 is 0 Å². The quantitative estimate of drug-likeness (QED) is 0.463. The summed E-state index contributed by atoms with van der Waals surface area (Å²) in [7, 11) is 1.62. The van der Waals surface area contributed by atoms with Crippen LogP contribution in [0.4, 0.5) is 8.78 Å². The number of alkyl halides is 2. The van der Waals surface area contributed by atoms with E-state index in [9.17, 15) is 18.4 Å². The fraction of sp³-hybridized carbons (Fsp3) is 0.240. The predicted octanol–water partition coefficient (Wildman–Crippen LogP) is 4.63. The topological polar surface area (TPSA) is 55.2 Å². The molecule has 1 fully saturated rings. The van der Waals surface area contributed by atoms with Gasteiger partial charge >= 0.3 is 0 Å². The molecule has 1 amide bonds. The molecule has 5 nitrogen and oxygen atoms in total. The lowest BCUT2D eigenvalue weighted by Crippen LogP contribution is -2.42. The van der Waals surface area contributed by atoms with E-state index in [1.54, 1.807) is 25.4 Å². The summed E-state index contributed by atoms with van der Waals surface area (Å²) in [5.74, 6) is -2.91. The van der Waals surface area contributed by atoms with E-state index in [2.05, 4.69) is 5.10 Å². The number of hydrogen-bond acceptors (Lipinski definition) is 3. The first kappa shape index (κ1) is 20.3. The highest BCUT2D eigenvalue weighted by Crippen LogP contribution is 2.32. The summed E-state index contributed by atoms with van der Waals surface area (Å²) in [6.07, 6.45) is 1.08. The number of halogens is 2. The maximum Gasteiger partial charge on any atom is 0.274 e. The van der Waals surface area contributed by atoms with Gasteiger partial charge in [-0.1, -0.05) is 30.3 Å². The Labute approximate surface area is 182 Å². The Hall–Kier alpha value is -3.61. The molecule has 1 aliphatic rings. The molecule has 0 bridgehead atoms. The van der Waals surface area contributed by atoms with Gasteiger partial charge in [-0.3, -0.25) is 9.59 Å². The summed E-state index contributed by atoms with van der Waals surface area (Å²) in [5, 5.41) is 7.32. The van der Waals surface area contributed by atoms with Crippen molar-refractivity contribution in [1.29, 1.82) is 0 Å². The lowest BCUT2D eigenvalue weighted by atomic mass is 9.95. The molecular weight excluding hydrogens is 412 g/mol. The molecule has 5 rings (SSSR count). The fourth-order valence-electron chi connectivity index (χ4n) is 4.30. The van der Waals surface area contributed by atoms with E-state index in [0.717, 1.165) is 27.3 Å². The number of rotatable bonds is 2. The largest absolute Gasteiger partial charge is 0.338 e. The highest BCUT2D eigenvalue weighted by atomic mass is 19.3. The van der Waals surface area contributed by atoms with Crippen LogP contribution in [0.1, 0.15) is 23.2 Å². The van der Waals surface area contributed by atoms with Crippen LogP contribution in [-0.4, -0.2) is 39.6 Å². The summed E-state index contributed by atoms with van der Waals surface area (Å²) in [5.41, 5.74) is 2.26. The van der Waals surface area contributed by atoms with Crippen molar-refractivity contribution in [2.24, 2.45) is 7.05 Å². The predicted molar refractivity (Wildman–Crippen MR) is 120 cm³/mol. The second-order valence-electron chi connectivity index (χ2n) is 8.26. The summed E-state index contributed by atoms with van der Waals surface area (Å²) in [6.45, 7) is 0.128. The van der Waals surface area contributed by atoms with Crippen molar-refractivity contribution in [1.82, 2.24) is 14.7 Å². The molecule has 1 saturated heterocycles. The van der Waals surface area contributed by atoms with Crippen LogP contribution in [0.15, 0.2) is 65.6 Å². The SMILES string of the molecule is Cn1ncc2cc(-c3cccc4cc(C(=O)N5CCC(F)(F)CC5)ccc34)ccc2c1=O. The zero-order valence-electron chi connectivity index (χ0n) is 17.5. The molecule has 7 heteroatoms. The molecule has 0 N–H and O–H groups in total. The molecule has 0 saturated carbocycles. The third kappa shape index (κ3) is 3.53. The Balaban J connectivity index is 1.51. The number of nitrogens with zero attached hydrogens (tertiary/aromatic N) is 3. The molecule has 32 heavy (non-hydrogen) atoms. The summed E-state index contributed by atoms with van der Waals surface area (Å²) < 4.78 is 28.2. The first-order valence-corrected chi connectivity index (χ1v) is 10.5.